The number of hydrazine groups is 1. The summed E-state index contributed by atoms with van der Waals surface area (Å²) in [6.07, 6.45) is 0. The van der Waals surface area contributed by atoms with Crippen LogP contribution in [0.3, 0.4) is 0 Å². The van der Waals surface area contributed by atoms with E-state index in [2.05, 4.69) is 10.5 Å². The molecule has 0 fully saturated rings. The highest BCUT2D eigenvalue weighted by molar-refractivity contribution is 7.79. The summed E-state index contributed by atoms with van der Waals surface area (Å²) in [7, 11) is 0. The van der Waals surface area contributed by atoms with Crippen LogP contribution in [0.5, 0.6) is 0 Å². The van der Waals surface area contributed by atoms with Gasteiger partial charge in [-0.2, -0.15) is 5.12 Å². The fraction of sp³-hybridized carbons (Fsp3) is 0.0455. The minimum Gasteiger partial charge on any atom is -0.265 e. The lowest BCUT2D eigenvalue weighted by Gasteiger charge is -2.22. The maximum Gasteiger partial charge on any atom is 0.295 e. The van der Waals surface area contributed by atoms with Gasteiger partial charge in [-0.05, 0) is 11.6 Å². The molecule has 28 heavy (non-hydrogen) atoms. The lowest BCUT2D eigenvalue weighted by Crippen LogP contribution is -2.51. The van der Waals surface area contributed by atoms with Crippen LogP contribution in [0.1, 0.15) is 5.56 Å². The molecule has 3 aromatic carbocycles. The van der Waals surface area contributed by atoms with Crippen molar-refractivity contribution >= 4 is 28.5 Å². The molecule has 5 nitrogen and oxygen atoms in total. The summed E-state index contributed by atoms with van der Waals surface area (Å²) in [5, 5.41) is 7.46. The number of fused-ring (bicyclic) bond motifs is 1. The Morgan fingerprint density at radius 3 is 2.18 bits per heavy atom. The first-order chi connectivity index (χ1) is 13.8. The molecule has 0 radical (unpaired) electrons. The molecule has 0 aliphatic carbocycles. The lowest BCUT2D eigenvalue weighted by molar-refractivity contribution is 0.520. The summed E-state index contributed by atoms with van der Waals surface area (Å²) in [6.45, 7) is 0.510. The van der Waals surface area contributed by atoms with Gasteiger partial charge in [-0.1, -0.05) is 91.1 Å². The Morgan fingerprint density at radius 2 is 1.50 bits per heavy atom. The highest BCUT2D eigenvalue weighted by Gasteiger charge is 2.15. The van der Waals surface area contributed by atoms with E-state index < -0.39 is 0 Å². The van der Waals surface area contributed by atoms with Crippen molar-refractivity contribution in [2.45, 2.75) is 6.54 Å². The molecule has 0 saturated heterocycles. The van der Waals surface area contributed by atoms with Gasteiger partial charge >= 0.3 is 0 Å². The van der Waals surface area contributed by atoms with Gasteiger partial charge in [0.25, 0.3) is 5.56 Å². The number of benzene rings is 3. The molecule has 0 amide bonds. The number of nitrogens with one attached hydrogen (secondary N) is 1. The van der Waals surface area contributed by atoms with Crippen molar-refractivity contribution in [3.63, 3.8) is 0 Å². The maximum absolute atomic E-state index is 13.1. The van der Waals surface area contributed by atoms with Crippen molar-refractivity contribution in [1.82, 2.24) is 15.3 Å². The van der Waals surface area contributed by atoms with Crippen LogP contribution < -0.4 is 16.1 Å². The Balaban J connectivity index is 1.80. The van der Waals surface area contributed by atoms with Gasteiger partial charge in [-0.15, -0.1) is 9.89 Å². The first-order valence-electron chi connectivity index (χ1n) is 8.87. The van der Waals surface area contributed by atoms with Gasteiger partial charge in [0, 0.05) is 17.5 Å². The van der Waals surface area contributed by atoms with E-state index in [0.717, 1.165) is 22.2 Å². The SMILES string of the molecule is O=c1c2ccccc2c(-c2ccccc2)nn1N(C=S)NCc1ccccc1. The van der Waals surface area contributed by atoms with E-state index in [1.807, 2.05) is 78.9 Å². The quantitative estimate of drug-likeness (QED) is 0.405. The van der Waals surface area contributed by atoms with E-state index in [4.69, 9.17) is 12.2 Å². The van der Waals surface area contributed by atoms with E-state index in [9.17, 15) is 4.79 Å². The Kier molecular flexibility index (Phi) is 5.23. The topological polar surface area (TPSA) is 50.2 Å². The van der Waals surface area contributed by atoms with E-state index in [1.54, 1.807) is 6.07 Å². The first-order valence-corrected chi connectivity index (χ1v) is 9.35. The third kappa shape index (κ3) is 3.55. The molecule has 1 N–H and O–H groups in total. The second-order valence-corrected chi connectivity index (χ2v) is 6.44. The van der Waals surface area contributed by atoms with Gasteiger partial charge < -0.3 is 0 Å². The predicted octanol–water partition coefficient (Wildman–Crippen LogP) is 3.66. The number of nitrogens with zero attached hydrogens (tertiary/aromatic N) is 3. The fourth-order valence-electron chi connectivity index (χ4n) is 3.05. The number of hydrogen-bond acceptors (Lipinski definition) is 4. The number of hydrogen-bond donors (Lipinski definition) is 1. The molecule has 1 aromatic heterocycles. The minimum absolute atomic E-state index is 0.239. The summed E-state index contributed by atoms with van der Waals surface area (Å²) in [5.74, 6) is 0. The van der Waals surface area contributed by atoms with Crippen LogP contribution in [0.25, 0.3) is 22.0 Å². The van der Waals surface area contributed by atoms with Crippen LogP contribution in [-0.2, 0) is 6.54 Å². The fourth-order valence-corrected chi connectivity index (χ4v) is 3.21. The largest absolute Gasteiger partial charge is 0.295 e. The zero-order chi connectivity index (χ0) is 19.3. The van der Waals surface area contributed by atoms with Gasteiger partial charge in [-0.3, -0.25) is 4.79 Å². The molecule has 4 aromatic rings. The van der Waals surface area contributed by atoms with Crippen LogP contribution in [-0.4, -0.2) is 15.4 Å². The molecule has 0 saturated carbocycles. The molecular weight excluding hydrogens is 368 g/mol. The predicted molar refractivity (Wildman–Crippen MR) is 117 cm³/mol. The second kappa shape index (κ2) is 8.12. The third-order valence-corrected chi connectivity index (χ3v) is 4.63. The Morgan fingerprint density at radius 1 is 0.893 bits per heavy atom. The van der Waals surface area contributed by atoms with Crippen LogP contribution in [0.15, 0.2) is 89.7 Å². The first kappa shape index (κ1) is 18.0. The Bertz CT molecular complexity index is 1160. The third-order valence-electron chi connectivity index (χ3n) is 4.43. The molecule has 0 aliphatic rings. The minimum atomic E-state index is -0.239. The molecule has 6 heteroatoms. The van der Waals surface area contributed by atoms with Gasteiger partial charge in [0.05, 0.1) is 5.39 Å². The van der Waals surface area contributed by atoms with E-state index in [-0.39, 0.29) is 5.56 Å². The zero-order valence-electron chi connectivity index (χ0n) is 15.0. The Hall–Kier alpha value is -3.35. The van der Waals surface area contributed by atoms with Crippen molar-refractivity contribution in [3.05, 3.63) is 101 Å². The van der Waals surface area contributed by atoms with E-state index in [0.29, 0.717) is 11.9 Å². The Labute approximate surface area is 167 Å². The van der Waals surface area contributed by atoms with Gasteiger partial charge in [0.15, 0.2) is 0 Å². The average molecular weight is 386 g/mol. The number of thiocarbonyl (C=S) groups is 1. The monoisotopic (exact) mass is 386 g/mol. The van der Waals surface area contributed by atoms with Crippen molar-refractivity contribution < 1.29 is 0 Å². The van der Waals surface area contributed by atoms with Gasteiger partial charge in [0.2, 0.25) is 0 Å². The summed E-state index contributed by atoms with van der Waals surface area (Å²) < 4.78 is 0. The highest BCUT2D eigenvalue weighted by Crippen LogP contribution is 2.24. The van der Waals surface area contributed by atoms with Crippen LogP contribution in [0.4, 0.5) is 0 Å². The normalized spacial score (nSPS) is 10.7. The molecule has 0 bridgehead atoms. The van der Waals surface area contributed by atoms with Crippen molar-refractivity contribution in [2.24, 2.45) is 0 Å². The summed E-state index contributed by atoms with van der Waals surface area (Å²) in [5.41, 5.74) is 7.02. The standard InChI is InChI=1S/C22H18N4OS/c27-22-20-14-8-7-13-19(20)21(18-11-5-2-6-12-18)24-26(22)25(16-28)23-15-17-9-3-1-4-10-17/h1-14,16,23H,15H2. The van der Waals surface area contributed by atoms with Crippen molar-refractivity contribution in [3.8, 4) is 11.3 Å². The van der Waals surface area contributed by atoms with Crippen molar-refractivity contribution in [1.29, 1.82) is 0 Å². The molecule has 1 heterocycles. The molecule has 138 valence electrons. The second-order valence-electron chi connectivity index (χ2n) is 6.23. The van der Waals surface area contributed by atoms with Crippen LogP contribution in [0, 0.1) is 0 Å². The molecule has 0 spiro atoms. The van der Waals surface area contributed by atoms with E-state index in [1.165, 1.54) is 15.4 Å². The maximum atomic E-state index is 13.1. The number of rotatable bonds is 6. The van der Waals surface area contributed by atoms with Crippen LogP contribution in [0.2, 0.25) is 0 Å². The number of aromatic nitrogens is 2. The smallest absolute Gasteiger partial charge is 0.265 e. The summed E-state index contributed by atoms with van der Waals surface area (Å²) >= 11 is 5.15. The summed E-state index contributed by atoms with van der Waals surface area (Å²) in [4.78, 5) is 14.4. The summed E-state index contributed by atoms with van der Waals surface area (Å²) in [6, 6.07) is 27.2. The zero-order valence-corrected chi connectivity index (χ0v) is 15.8. The molecule has 0 atom stereocenters. The van der Waals surface area contributed by atoms with Crippen LogP contribution >= 0.6 is 12.2 Å². The lowest BCUT2D eigenvalue weighted by atomic mass is 10.1. The average Bonchev–Trinajstić information content (AvgIpc) is 2.77. The molecule has 0 aliphatic heterocycles. The van der Waals surface area contributed by atoms with E-state index >= 15 is 0 Å². The highest BCUT2D eigenvalue weighted by atomic mass is 32.1. The van der Waals surface area contributed by atoms with Gasteiger partial charge in [-0.25, -0.2) is 5.43 Å². The molecule has 0 unspecified atom stereocenters. The van der Waals surface area contributed by atoms with Gasteiger partial charge in [0.1, 0.15) is 11.2 Å². The molecule has 4 rings (SSSR count). The van der Waals surface area contributed by atoms with Crippen molar-refractivity contribution in [2.75, 3.05) is 5.12 Å². The molecular formula is C22H18N4OS.